The zero-order valence-corrected chi connectivity index (χ0v) is 15.2. The van der Waals surface area contributed by atoms with Gasteiger partial charge in [0.15, 0.2) is 11.5 Å². The fourth-order valence-corrected chi connectivity index (χ4v) is 3.28. The molecular formula is C19H20N4O5. The number of hydrogen-bond donors (Lipinski definition) is 1. The molecule has 1 saturated heterocycles. The number of ether oxygens (including phenoxy) is 2. The summed E-state index contributed by atoms with van der Waals surface area (Å²) in [6, 6.07) is 11.6. The number of nitrogens with zero attached hydrogens (tertiary/aromatic N) is 3. The van der Waals surface area contributed by atoms with Crippen LogP contribution in [0.25, 0.3) is 0 Å². The van der Waals surface area contributed by atoms with Crippen LogP contribution in [0.1, 0.15) is 5.56 Å². The van der Waals surface area contributed by atoms with Gasteiger partial charge >= 0.3 is 6.03 Å². The summed E-state index contributed by atoms with van der Waals surface area (Å²) >= 11 is 0. The maximum atomic E-state index is 12.4. The van der Waals surface area contributed by atoms with Gasteiger partial charge in [0.2, 0.25) is 6.79 Å². The molecule has 0 unspecified atom stereocenters. The number of piperazine rings is 1. The molecule has 2 aromatic rings. The summed E-state index contributed by atoms with van der Waals surface area (Å²) in [5.41, 5.74) is 1.68. The van der Waals surface area contributed by atoms with E-state index in [1.165, 1.54) is 24.3 Å². The van der Waals surface area contributed by atoms with Gasteiger partial charge in [0.25, 0.3) is 5.69 Å². The predicted octanol–water partition coefficient (Wildman–Crippen LogP) is 2.67. The van der Waals surface area contributed by atoms with Gasteiger partial charge in [-0.1, -0.05) is 6.07 Å². The minimum Gasteiger partial charge on any atom is -0.454 e. The average molecular weight is 384 g/mol. The molecule has 1 N–H and O–H groups in total. The van der Waals surface area contributed by atoms with Gasteiger partial charge in [-0.2, -0.15) is 0 Å². The second-order valence-corrected chi connectivity index (χ2v) is 6.68. The van der Waals surface area contributed by atoms with E-state index in [1.54, 1.807) is 4.90 Å². The summed E-state index contributed by atoms with van der Waals surface area (Å²) in [7, 11) is 0. The minimum atomic E-state index is -0.467. The molecule has 0 bridgehead atoms. The first-order chi connectivity index (χ1) is 13.6. The van der Waals surface area contributed by atoms with Crippen molar-refractivity contribution in [2.24, 2.45) is 0 Å². The van der Waals surface area contributed by atoms with Crippen molar-refractivity contribution in [3.8, 4) is 11.5 Å². The van der Waals surface area contributed by atoms with Crippen molar-refractivity contribution in [3.05, 3.63) is 58.1 Å². The molecule has 2 amide bonds. The summed E-state index contributed by atoms with van der Waals surface area (Å²) in [6.07, 6.45) is 0. The molecule has 1 fully saturated rings. The van der Waals surface area contributed by atoms with Gasteiger partial charge in [-0.25, -0.2) is 4.79 Å². The third kappa shape index (κ3) is 3.99. The van der Waals surface area contributed by atoms with E-state index < -0.39 is 4.92 Å². The minimum absolute atomic E-state index is 0.00451. The van der Waals surface area contributed by atoms with Crippen LogP contribution in [0.2, 0.25) is 0 Å². The molecule has 0 aliphatic carbocycles. The quantitative estimate of drug-likeness (QED) is 0.643. The Morgan fingerprint density at radius 2 is 1.75 bits per heavy atom. The first-order valence-corrected chi connectivity index (χ1v) is 9.00. The van der Waals surface area contributed by atoms with Crippen LogP contribution in [0.4, 0.5) is 16.2 Å². The summed E-state index contributed by atoms with van der Waals surface area (Å²) in [6.45, 7) is 3.81. The maximum absolute atomic E-state index is 12.4. The van der Waals surface area contributed by atoms with E-state index in [0.717, 1.165) is 36.7 Å². The molecule has 0 spiro atoms. The van der Waals surface area contributed by atoms with Gasteiger partial charge in [-0.15, -0.1) is 0 Å². The molecule has 0 radical (unpaired) electrons. The van der Waals surface area contributed by atoms with Gasteiger partial charge in [-0.3, -0.25) is 15.0 Å². The molecule has 28 heavy (non-hydrogen) atoms. The highest BCUT2D eigenvalue weighted by molar-refractivity contribution is 5.89. The highest BCUT2D eigenvalue weighted by Gasteiger charge is 2.22. The van der Waals surface area contributed by atoms with Crippen molar-refractivity contribution in [3.63, 3.8) is 0 Å². The number of nitro benzene ring substituents is 1. The lowest BCUT2D eigenvalue weighted by molar-refractivity contribution is -0.384. The maximum Gasteiger partial charge on any atom is 0.321 e. The molecule has 146 valence electrons. The zero-order valence-electron chi connectivity index (χ0n) is 15.2. The number of benzene rings is 2. The van der Waals surface area contributed by atoms with Crippen molar-refractivity contribution in [2.75, 3.05) is 38.3 Å². The van der Waals surface area contributed by atoms with E-state index in [9.17, 15) is 14.9 Å². The Morgan fingerprint density at radius 1 is 1.04 bits per heavy atom. The number of rotatable bonds is 4. The lowest BCUT2D eigenvalue weighted by atomic mass is 10.1. The topological polar surface area (TPSA) is 97.2 Å². The monoisotopic (exact) mass is 384 g/mol. The van der Waals surface area contributed by atoms with Gasteiger partial charge in [-0.05, 0) is 29.8 Å². The number of fused-ring (bicyclic) bond motifs is 1. The van der Waals surface area contributed by atoms with Crippen LogP contribution in [-0.4, -0.2) is 53.7 Å². The second kappa shape index (κ2) is 7.73. The molecule has 0 aromatic heterocycles. The number of nitrogens with one attached hydrogen (secondary N) is 1. The first kappa shape index (κ1) is 18.1. The fraction of sp³-hybridized carbons (Fsp3) is 0.316. The summed E-state index contributed by atoms with van der Waals surface area (Å²) in [5, 5.41) is 13.5. The molecule has 2 heterocycles. The Labute approximate surface area is 161 Å². The molecule has 0 saturated carbocycles. The smallest absolute Gasteiger partial charge is 0.321 e. The van der Waals surface area contributed by atoms with Crippen molar-refractivity contribution in [1.29, 1.82) is 0 Å². The van der Waals surface area contributed by atoms with Crippen LogP contribution in [0, 0.1) is 10.1 Å². The summed E-state index contributed by atoms with van der Waals surface area (Å²) < 4.78 is 10.7. The van der Waals surface area contributed by atoms with Gasteiger partial charge < -0.3 is 19.7 Å². The third-order valence-electron chi connectivity index (χ3n) is 4.83. The van der Waals surface area contributed by atoms with Crippen LogP contribution in [-0.2, 0) is 6.54 Å². The average Bonchev–Trinajstić information content (AvgIpc) is 3.17. The molecule has 2 aliphatic heterocycles. The van der Waals surface area contributed by atoms with E-state index in [-0.39, 0.29) is 18.5 Å². The van der Waals surface area contributed by atoms with Crippen molar-refractivity contribution in [2.45, 2.75) is 6.54 Å². The van der Waals surface area contributed by atoms with E-state index in [2.05, 4.69) is 10.2 Å². The Hall–Kier alpha value is -3.33. The number of non-ortho nitro benzene ring substituents is 1. The first-order valence-electron chi connectivity index (χ1n) is 9.00. The zero-order chi connectivity index (χ0) is 19.5. The van der Waals surface area contributed by atoms with E-state index in [4.69, 9.17) is 9.47 Å². The highest BCUT2D eigenvalue weighted by atomic mass is 16.7. The van der Waals surface area contributed by atoms with Gasteiger partial charge in [0.05, 0.1) is 4.92 Å². The van der Waals surface area contributed by atoms with Crippen LogP contribution in [0.5, 0.6) is 11.5 Å². The molecule has 0 atom stereocenters. The lowest BCUT2D eigenvalue weighted by Gasteiger charge is -2.34. The molecule has 9 nitrogen and oxygen atoms in total. The fourth-order valence-electron chi connectivity index (χ4n) is 3.28. The van der Waals surface area contributed by atoms with E-state index in [0.29, 0.717) is 18.8 Å². The number of nitro groups is 1. The Kier molecular flexibility index (Phi) is 4.98. The number of carbonyl (C=O) groups excluding carboxylic acids is 1. The predicted molar refractivity (Wildman–Crippen MR) is 102 cm³/mol. The second-order valence-electron chi connectivity index (χ2n) is 6.68. The summed E-state index contributed by atoms with van der Waals surface area (Å²) in [5.74, 6) is 1.55. The van der Waals surface area contributed by atoms with Crippen LogP contribution in [0.3, 0.4) is 0 Å². The van der Waals surface area contributed by atoms with Crippen LogP contribution < -0.4 is 14.8 Å². The molecular weight excluding hydrogens is 364 g/mol. The van der Waals surface area contributed by atoms with Crippen LogP contribution in [0.15, 0.2) is 42.5 Å². The SMILES string of the molecule is O=C(Nc1ccc([N+](=O)[O-])cc1)N1CCN(Cc2ccc3c(c2)OCO3)CC1. The normalized spacial score (nSPS) is 16.1. The number of urea groups is 1. The number of amides is 2. The van der Waals surface area contributed by atoms with Crippen molar-refractivity contribution >= 4 is 17.4 Å². The van der Waals surface area contributed by atoms with Crippen LogP contribution >= 0.6 is 0 Å². The standard InChI is InChI=1S/C19H20N4O5/c24-19(20-15-2-4-16(5-3-15)23(25)26)22-9-7-21(8-10-22)12-14-1-6-17-18(11-14)28-13-27-17/h1-6,11H,7-10,12-13H2,(H,20,24). The highest BCUT2D eigenvalue weighted by Crippen LogP contribution is 2.32. The molecule has 9 heteroatoms. The van der Waals surface area contributed by atoms with E-state index in [1.807, 2.05) is 18.2 Å². The lowest BCUT2D eigenvalue weighted by Crippen LogP contribution is -2.49. The van der Waals surface area contributed by atoms with Crippen molar-refractivity contribution in [1.82, 2.24) is 9.80 Å². The van der Waals surface area contributed by atoms with Gasteiger partial charge in [0.1, 0.15) is 0 Å². The number of anilines is 1. The summed E-state index contributed by atoms with van der Waals surface area (Å²) in [4.78, 5) is 26.7. The largest absolute Gasteiger partial charge is 0.454 e. The van der Waals surface area contributed by atoms with Gasteiger partial charge in [0, 0.05) is 50.5 Å². The third-order valence-corrected chi connectivity index (χ3v) is 4.83. The Bertz CT molecular complexity index is 878. The number of hydrogen-bond acceptors (Lipinski definition) is 6. The molecule has 4 rings (SSSR count). The van der Waals surface area contributed by atoms with E-state index >= 15 is 0 Å². The van der Waals surface area contributed by atoms with Crippen molar-refractivity contribution < 1.29 is 19.2 Å². The number of carbonyl (C=O) groups is 1. The molecule has 2 aromatic carbocycles. The Balaban J connectivity index is 1.27. The Morgan fingerprint density at radius 3 is 2.46 bits per heavy atom. The molecule has 2 aliphatic rings.